The van der Waals surface area contributed by atoms with Crippen molar-refractivity contribution in [3.05, 3.63) is 60.2 Å². The number of hydrogen-bond donors (Lipinski definition) is 3. The van der Waals surface area contributed by atoms with Gasteiger partial charge in [0.1, 0.15) is 6.10 Å². The molecule has 2 aromatic carbocycles. The number of nitrogens with zero attached hydrogens (tertiary/aromatic N) is 1. The summed E-state index contributed by atoms with van der Waals surface area (Å²) in [5.74, 6) is -0.0231. The summed E-state index contributed by atoms with van der Waals surface area (Å²) in [6.07, 6.45) is -1.69. The molecule has 208 valence electrons. The Bertz CT molecular complexity index is 1160. The van der Waals surface area contributed by atoms with Crippen molar-refractivity contribution in [2.75, 3.05) is 32.0 Å². The largest absolute Gasteiger partial charge is 0.443 e. The standard InChI is InChI=1S/C27H37N3O7S/c1-18(2)15-30(38(33,34)21-10-8-20(28)9-11-21)16-24(31)23(14-19-6-4-3-5-7-19)29-27(32)37-25-17-36-26-22(25)12-13-35-26/h3-11,18,22-26,31H,12-17,28H2,1-2H3,(H,29,32)/t22?,23-,24-,25-,26+/m0/s1. The maximum atomic E-state index is 13.5. The van der Waals surface area contributed by atoms with E-state index in [1.54, 1.807) is 0 Å². The molecular formula is C27H37N3O7S. The number of sulfonamides is 1. The number of benzene rings is 2. The highest BCUT2D eigenvalue weighted by atomic mass is 32.2. The van der Waals surface area contributed by atoms with Gasteiger partial charge in [0.15, 0.2) is 6.29 Å². The van der Waals surface area contributed by atoms with Crippen LogP contribution in [0.5, 0.6) is 0 Å². The lowest BCUT2D eigenvalue weighted by Crippen LogP contribution is -2.51. The number of ether oxygens (including phenoxy) is 3. The number of fused-ring (bicyclic) bond motifs is 1. The molecule has 1 unspecified atom stereocenters. The highest BCUT2D eigenvalue weighted by Gasteiger charge is 2.44. The first kappa shape index (κ1) is 28.3. The molecule has 38 heavy (non-hydrogen) atoms. The van der Waals surface area contributed by atoms with Crippen LogP contribution in [0.1, 0.15) is 25.8 Å². The van der Waals surface area contributed by atoms with E-state index in [2.05, 4.69) is 5.32 Å². The average Bonchev–Trinajstić information content (AvgIpc) is 3.49. The fourth-order valence-electron chi connectivity index (χ4n) is 4.82. The predicted octanol–water partition coefficient (Wildman–Crippen LogP) is 2.38. The minimum absolute atomic E-state index is 0.000183. The van der Waals surface area contributed by atoms with Gasteiger partial charge in [-0.05, 0) is 48.6 Å². The molecule has 0 aliphatic carbocycles. The lowest BCUT2D eigenvalue weighted by Gasteiger charge is -2.31. The number of carbonyl (C=O) groups excluding carboxylic acids is 1. The van der Waals surface area contributed by atoms with Crippen LogP contribution in [0, 0.1) is 11.8 Å². The molecule has 0 bridgehead atoms. The third-order valence-electron chi connectivity index (χ3n) is 6.79. The van der Waals surface area contributed by atoms with E-state index in [1.807, 2.05) is 44.2 Å². The lowest BCUT2D eigenvalue weighted by atomic mass is 10.0. The molecule has 2 aliphatic rings. The van der Waals surface area contributed by atoms with Gasteiger partial charge in [-0.25, -0.2) is 13.2 Å². The van der Waals surface area contributed by atoms with Crippen molar-refractivity contribution in [1.29, 1.82) is 0 Å². The van der Waals surface area contributed by atoms with Crippen LogP contribution in [0.4, 0.5) is 10.5 Å². The van der Waals surface area contributed by atoms with E-state index in [0.717, 1.165) is 12.0 Å². The van der Waals surface area contributed by atoms with Gasteiger partial charge in [-0.1, -0.05) is 44.2 Å². The molecule has 4 N–H and O–H groups in total. The normalized spacial score (nSPS) is 22.8. The first-order valence-electron chi connectivity index (χ1n) is 12.9. The van der Waals surface area contributed by atoms with Crippen molar-refractivity contribution < 1.29 is 32.5 Å². The molecule has 11 heteroatoms. The van der Waals surface area contributed by atoms with Crippen molar-refractivity contribution >= 4 is 21.8 Å². The van der Waals surface area contributed by atoms with Gasteiger partial charge in [0.2, 0.25) is 10.0 Å². The van der Waals surface area contributed by atoms with E-state index in [0.29, 0.717) is 12.3 Å². The van der Waals surface area contributed by atoms with Crippen molar-refractivity contribution in [2.24, 2.45) is 11.8 Å². The van der Waals surface area contributed by atoms with Crippen molar-refractivity contribution in [3.8, 4) is 0 Å². The molecular weight excluding hydrogens is 510 g/mol. The summed E-state index contributed by atoms with van der Waals surface area (Å²) in [4.78, 5) is 13.0. The molecule has 0 saturated carbocycles. The topological polar surface area (TPSA) is 140 Å². The van der Waals surface area contributed by atoms with Gasteiger partial charge in [-0.2, -0.15) is 4.31 Å². The van der Waals surface area contributed by atoms with Gasteiger partial charge < -0.3 is 30.4 Å². The number of rotatable bonds is 11. The summed E-state index contributed by atoms with van der Waals surface area (Å²) in [5.41, 5.74) is 7.07. The van der Waals surface area contributed by atoms with Crippen LogP contribution >= 0.6 is 0 Å². The molecule has 2 fully saturated rings. The third kappa shape index (κ3) is 7.03. The van der Waals surface area contributed by atoms with Crippen LogP contribution in [0.15, 0.2) is 59.5 Å². The van der Waals surface area contributed by atoms with Crippen LogP contribution in [0.25, 0.3) is 0 Å². The number of nitrogen functional groups attached to an aromatic ring is 1. The van der Waals surface area contributed by atoms with Crippen LogP contribution in [-0.2, 0) is 30.7 Å². The third-order valence-corrected chi connectivity index (χ3v) is 8.63. The lowest BCUT2D eigenvalue weighted by molar-refractivity contribution is -0.0907. The number of aliphatic hydroxyl groups excluding tert-OH is 1. The van der Waals surface area contributed by atoms with E-state index < -0.39 is 34.4 Å². The summed E-state index contributed by atoms with van der Waals surface area (Å²) in [5, 5.41) is 14.1. The Kier molecular flexibility index (Phi) is 9.27. The number of aliphatic hydroxyl groups is 1. The number of carbonyl (C=O) groups is 1. The summed E-state index contributed by atoms with van der Waals surface area (Å²) in [6, 6.07) is 14.5. The molecule has 5 atom stereocenters. The van der Waals surface area contributed by atoms with Gasteiger partial charge in [-0.15, -0.1) is 0 Å². The fraction of sp³-hybridized carbons (Fsp3) is 0.519. The summed E-state index contributed by atoms with van der Waals surface area (Å²) in [6.45, 7) is 4.58. The van der Waals surface area contributed by atoms with Crippen molar-refractivity contribution in [2.45, 2.75) is 56.1 Å². The Morgan fingerprint density at radius 1 is 1.13 bits per heavy atom. The summed E-state index contributed by atoms with van der Waals surface area (Å²) in [7, 11) is -3.93. The SMILES string of the molecule is CC(C)CN(C[C@H](O)[C@H](Cc1ccccc1)NC(=O)O[C@H]1CO[C@H]2OCCC21)S(=O)(=O)c1ccc(N)cc1. The molecule has 0 radical (unpaired) electrons. The Morgan fingerprint density at radius 3 is 2.53 bits per heavy atom. The Labute approximate surface area is 224 Å². The molecule has 0 aromatic heterocycles. The molecule has 2 saturated heterocycles. The zero-order chi connectivity index (χ0) is 27.3. The maximum Gasteiger partial charge on any atom is 0.407 e. The summed E-state index contributed by atoms with van der Waals surface area (Å²) >= 11 is 0. The van der Waals surface area contributed by atoms with E-state index in [9.17, 15) is 18.3 Å². The molecule has 2 aliphatic heterocycles. The molecule has 2 heterocycles. The molecule has 10 nitrogen and oxygen atoms in total. The minimum Gasteiger partial charge on any atom is -0.443 e. The molecule has 0 spiro atoms. The van der Waals surface area contributed by atoms with Crippen LogP contribution in [0.2, 0.25) is 0 Å². The zero-order valence-corrected chi connectivity index (χ0v) is 22.5. The van der Waals surface area contributed by atoms with Crippen LogP contribution in [0.3, 0.4) is 0 Å². The second kappa shape index (κ2) is 12.4. The van der Waals surface area contributed by atoms with Crippen molar-refractivity contribution in [3.63, 3.8) is 0 Å². The van der Waals surface area contributed by atoms with Crippen LogP contribution in [-0.4, -0.2) is 74.8 Å². The first-order chi connectivity index (χ1) is 18.1. The number of anilines is 1. The van der Waals surface area contributed by atoms with E-state index in [4.69, 9.17) is 19.9 Å². The van der Waals surface area contributed by atoms with Gasteiger partial charge >= 0.3 is 6.09 Å². The zero-order valence-electron chi connectivity index (χ0n) is 21.7. The van der Waals surface area contributed by atoms with Gasteiger partial charge in [0.05, 0.1) is 36.2 Å². The fourth-order valence-corrected chi connectivity index (χ4v) is 6.45. The summed E-state index contributed by atoms with van der Waals surface area (Å²) < 4.78 is 44.9. The Hall–Kier alpha value is -2.70. The van der Waals surface area contributed by atoms with Crippen molar-refractivity contribution in [1.82, 2.24) is 9.62 Å². The number of alkyl carbamates (subject to hydrolysis) is 1. The molecule has 4 rings (SSSR count). The highest BCUT2D eigenvalue weighted by molar-refractivity contribution is 7.89. The Balaban J connectivity index is 1.51. The highest BCUT2D eigenvalue weighted by Crippen LogP contribution is 2.33. The predicted molar refractivity (Wildman–Crippen MR) is 142 cm³/mol. The maximum absolute atomic E-state index is 13.5. The quantitative estimate of drug-likeness (QED) is 0.364. The number of hydrogen-bond acceptors (Lipinski definition) is 8. The monoisotopic (exact) mass is 547 g/mol. The minimum atomic E-state index is -3.93. The number of nitrogens with one attached hydrogen (secondary N) is 1. The second-order valence-corrected chi connectivity index (χ2v) is 12.2. The van der Waals surface area contributed by atoms with Gasteiger partial charge in [-0.3, -0.25) is 0 Å². The van der Waals surface area contributed by atoms with Gasteiger partial charge in [0, 0.05) is 18.8 Å². The molecule has 2 aromatic rings. The van der Waals surface area contributed by atoms with Gasteiger partial charge in [0.25, 0.3) is 0 Å². The Morgan fingerprint density at radius 2 is 1.84 bits per heavy atom. The second-order valence-electron chi connectivity index (χ2n) is 10.3. The van der Waals surface area contributed by atoms with E-state index >= 15 is 0 Å². The molecule has 1 amide bonds. The smallest absolute Gasteiger partial charge is 0.407 e. The van der Waals surface area contributed by atoms with Crippen LogP contribution < -0.4 is 11.1 Å². The number of amides is 1. The van der Waals surface area contributed by atoms with E-state index in [-0.39, 0.29) is 49.1 Å². The average molecular weight is 548 g/mol. The number of nitrogens with two attached hydrogens (primary N) is 1. The first-order valence-corrected chi connectivity index (χ1v) is 14.4. The van der Waals surface area contributed by atoms with E-state index in [1.165, 1.54) is 28.6 Å².